The van der Waals surface area contributed by atoms with E-state index in [0.717, 1.165) is 46.2 Å². The van der Waals surface area contributed by atoms with Crippen LogP contribution in [-0.4, -0.2) is 14.8 Å². The van der Waals surface area contributed by atoms with Crippen LogP contribution >= 0.6 is 11.8 Å². The number of rotatable bonds is 9. The molecular formula is C25H27N3O3S. The summed E-state index contributed by atoms with van der Waals surface area (Å²) >= 11 is 1.58. The Balaban J connectivity index is 1.56. The predicted molar refractivity (Wildman–Crippen MR) is 127 cm³/mol. The van der Waals surface area contributed by atoms with Gasteiger partial charge in [0.2, 0.25) is 0 Å². The highest BCUT2D eigenvalue weighted by molar-refractivity contribution is 7.98. The number of para-hydroxylation sites is 1. The number of aromatic nitrogens is 3. The van der Waals surface area contributed by atoms with Crippen molar-refractivity contribution in [2.24, 2.45) is 5.92 Å². The van der Waals surface area contributed by atoms with Gasteiger partial charge < -0.3 is 13.7 Å². The molecule has 32 heavy (non-hydrogen) atoms. The van der Waals surface area contributed by atoms with Gasteiger partial charge in [-0.15, -0.1) is 10.2 Å². The van der Waals surface area contributed by atoms with E-state index in [4.69, 9.17) is 9.15 Å². The van der Waals surface area contributed by atoms with Crippen LogP contribution in [0.1, 0.15) is 37.2 Å². The number of hydrogen-bond donors (Lipinski definition) is 0. The molecule has 2 aromatic carbocycles. The van der Waals surface area contributed by atoms with Crippen molar-refractivity contribution in [3.05, 3.63) is 82.0 Å². The molecule has 4 aromatic rings. The minimum absolute atomic E-state index is 0.336. The van der Waals surface area contributed by atoms with Crippen LogP contribution in [0.25, 0.3) is 11.0 Å². The highest BCUT2D eigenvalue weighted by atomic mass is 32.2. The van der Waals surface area contributed by atoms with E-state index in [2.05, 4.69) is 28.6 Å². The van der Waals surface area contributed by atoms with Gasteiger partial charge in [0, 0.05) is 23.8 Å². The first-order chi connectivity index (χ1) is 15.5. The first-order valence-corrected chi connectivity index (χ1v) is 11.7. The lowest BCUT2D eigenvalue weighted by Gasteiger charge is -2.13. The van der Waals surface area contributed by atoms with Crippen LogP contribution in [0.3, 0.4) is 0 Å². The van der Waals surface area contributed by atoms with Crippen molar-refractivity contribution in [1.82, 2.24) is 14.8 Å². The van der Waals surface area contributed by atoms with Gasteiger partial charge in [0.15, 0.2) is 11.0 Å². The Bertz CT molecular complexity index is 1250. The third kappa shape index (κ3) is 5.40. The Morgan fingerprint density at radius 2 is 1.91 bits per heavy atom. The van der Waals surface area contributed by atoms with Crippen LogP contribution < -0.4 is 10.4 Å². The van der Waals surface area contributed by atoms with Crippen LogP contribution in [-0.2, 0) is 18.9 Å². The quantitative estimate of drug-likeness (QED) is 0.244. The first-order valence-electron chi connectivity index (χ1n) is 10.8. The predicted octanol–water partition coefficient (Wildman–Crippen LogP) is 5.61. The lowest BCUT2D eigenvalue weighted by Crippen LogP contribution is -2.10. The third-order valence-electron chi connectivity index (χ3n) is 5.18. The lowest BCUT2D eigenvalue weighted by atomic mass is 10.1. The third-order valence-corrected chi connectivity index (χ3v) is 6.19. The van der Waals surface area contributed by atoms with Crippen molar-refractivity contribution in [3.63, 3.8) is 0 Å². The summed E-state index contributed by atoms with van der Waals surface area (Å²) in [5, 5.41) is 10.6. The van der Waals surface area contributed by atoms with Gasteiger partial charge in [-0.2, -0.15) is 0 Å². The Hall–Kier alpha value is -3.06. The number of ether oxygens (including phenoxy) is 1. The molecule has 2 aromatic heterocycles. The molecule has 7 heteroatoms. The molecule has 0 spiro atoms. The Labute approximate surface area is 191 Å². The number of nitrogens with zero attached hydrogens (tertiary/aromatic N) is 3. The Kier molecular flexibility index (Phi) is 6.95. The molecule has 0 bridgehead atoms. The summed E-state index contributed by atoms with van der Waals surface area (Å²) in [5.74, 6) is 2.76. The van der Waals surface area contributed by atoms with E-state index in [0.29, 0.717) is 23.9 Å². The number of fused-ring (bicyclic) bond motifs is 1. The number of thioether (sulfide) groups is 1. The molecule has 166 valence electrons. The smallest absolute Gasteiger partial charge is 0.336 e. The maximum atomic E-state index is 12.1. The first kappa shape index (κ1) is 22.1. The summed E-state index contributed by atoms with van der Waals surface area (Å²) in [7, 11) is 0. The number of benzene rings is 2. The zero-order valence-electron chi connectivity index (χ0n) is 18.6. The number of hydrogen-bond acceptors (Lipinski definition) is 6. The molecule has 6 nitrogen and oxygen atoms in total. The highest BCUT2D eigenvalue weighted by Crippen LogP contribution is 2.27. The summed E-state index contributed by atoms with van der Waals surface area (Å²) in [4.78, 5) is 12.1. The second-order valence-electron chi connectivity index (χ2n) is 8.21. The van der Waals surface area contributed by atoms with Gasteiger partial charge in [-0.1, -0.05) is 55.9 Å². The van der Waals surface area contributed by atoms with Crippen LogP contribution in [0.4, 0.5) is 0 Å². The van der Waals surface area contributed by atoms with Gasteiger partial charge in [0.1, 0.15) is 17.9 Å². The standard InChI is InChI=1S/C25H27N3O3S/c1-17(2)11-12-28-23(15-30-20-7-5-4-6-8-20)26-27-25(28)32-16-19-14-24(29)31-22-13-18(3)9-10-21(19)22/h4-10,13-14,17H,11-12,15-16H2,1-3H3. The van der Waals surface area contributed by atoms with Crippen LogP contribution in [0.5, 0.6) is 5.75 Å². The molecule has 0 atom stereocenters. The Morgan fingerprint density at radius 1 is 1.09 bits per heavy atom. The maximum absolute atomic E-state index is 12.1. The molecular weight excluding hydrogens is 422 g/mol. The number of aryl methyl sites for hydroxylation is 1. The van der Waals surface area contributed by atoms with Gasteiger partial charge in [-0.05, 0) is 48.6 Å². The van der Waals surface area contributed by atoms with Gasteiger partial charge in [-0.3, -0.25) is 0 Å². The normalized spacial score (nSPS) is 11.4. The van der Waals surface area contributed by atoms with E-state index in [1.54, 1.807) is 17.8 Å². The fraction of sp³-hybridized carbons (Fsp3) is 0.320. The van der Waals surface area contributed by atoms with E-state index < -0.39 is 0 Å². The summed E-state index contributed by atoms with van der Waals surface area (Å²) in [6.07, 6.45) is 1.01. The molecule has 0 saturated carbocycles. The van der Waals surface area contributed by atoms with Crippen molar-refractivity contribution >= 4 is 22.7 Å². The molecule has 0 unspecified atom stereocenters. The molecule has 4 rings (SSSR count). The lowest BCUT2D eigenvalue weighted by molar-refractivity contribution is 0.285. The SMILES string of the molecule is Cc1ccc2c(CSc3nnc(COc4ccccc4)n3CCC(C)C)cc(=O)oc2c1. The summed E-state index contributed by atoms with van der Waals surface area (Å²) < 4.78 is 13.4. The van der Waals surface area contributed by atoms with Crippen LogP contribution in [0.15, 0.2) is 69.0 Å². The van der Waals surface area contributed by atoms with E-state index >= 15 is 0 Å². The average Bonchev–Trinajstić information content (AvgIpc) is 3.16. The van der Waals surface area contributed by atoms with Crippen molar-refractivity contribution in [1.29, 1.82) is 0 Å². The molecule has 0 aliphatic rings. The molecule has 0 N–H and O–H groups in total. The topological polar surface area (TPSA) is 70.2 Å². The monoisotopic (exact) mass is 449 g/mol. The van der Waals surface area contributed by atoms with Crippen LogP contribution in [0, 0.1) is 12.8 Å². The van der Waals surface area contributed by atoms with Crippen molar-refractivity contribution in [2.75, 3.05) is 0 Å². The molecule has 0 amide bonds. The maximum Gasteiger partial charge on any atom is 0.336 e. The van der Waals surface area contributed by atoms with Gasteiger partial charge in [0.05, 0.1) is 0 Å². The Morgan fingerprint density at radius 3 is 2.69 bits per heavy atom. The zero-order valence-corrected chi connectivity index (χ0v) is 19.4. The summed E-state index contributed by atoms with van der Waals surface area (Å²) in [6.45, 7) is 7.56. The zero-order chi connectivity index (χ0) is 22.5. The molecule has 0 aliphatic carbocycles. The van der Waals surface area contributed by atoms with Gasteiger partial charge in [-0.25, -0.2) is 4.79 Å². The minimum Gasteiger partial charge on any atom is -0.486 e. The molecule has 2 heterocycles. The molecule has 0 fully saturated rings. The molecule has 0 saturated heterocycles. The second kappa shape index (κ2) is 10.0. The van der Waals surface area contributed by atoms with Crippen molar-refractivity contribution in [2.45, 2.75) is 51.3 Å². The summed E-state index contributed by atoms with van der Waals surface area (Å²) in [6, 6.07) is 17.2. The van der Waals surface area contributed by atoms with Crippen molar-refractivity contribution in [3.8, 4) is 5.75 Å². The van der Waals surface area contributed by atoms with Gasteiger partial charge >= 0.3 is 5.63 Å². The van der Waals surface area contributed by atoms with Crippen LogP contribution in [0.2, 0.25) is 0 Å². The summed E-state index contributed by atoms with van der Waals surface area (Å²) in [5.41, 5.74) is 2.27. The van der Waals surface area contributed by atoms with E-state index in [9.17, 15) is 4.79 Å². The minimum atomic E-state index is -0.336. The highest BCUT2D eigenvalue weighted by Gasteiger charge is 2.15. The average molecular weight is 450 g/mol. The fourth-order valence-corrected chi connectivity index (χ4v) is 4.38. The second-order valence-corrected chi connectivity index (χ2v) is 9.16. The van der Waals surface area contributed by atoms with Crippen molar-refractivity contribution < 1.29 is 9.15 Å². The van der Waals surface area contributed by atoms with E-state index in [-0.39, 0.29) is 5.63 Å². The van der Waals surface area contributed by atoms with Gasteiger partial charge in [0.25, 0.3) is 0 Å². The molecule has 0 radical (unpaired) electrons. The largest absolute Gasteiger partial charge is 0.486 e. The van der Waals surface area contributed by atoms with E-state index in [1.165, 1.54) is 0 Å². The fourth-order valence-electron chi connectivity index (χ4n) is 3.41. The van der Waals surface area contributed by atoms with E-state index in [1.807, 2.05) is 55.5 Å². The molecule has 0 aliphatic heterocycles.